The highest BCUT2D eigenvalue weighted by atomic mass is 16.6. The van der Waals surface area contributed by atoms with E-state index in [1.807, 2.05) is 25.1 Å². The maximum atomic E-state index is 12.6. The summed E-state index contributed by atoms with van der Waals surface area (Å²) in [7, 11) is 3.00. The van der Waals surface area contributed by atoms with Crippen LogP contribution >= 0.6 is 0 Å². The van der Waals surface area contributed by atoms with Crippen LogP contribution in [0.25, 0.3) is 0 Å². The summed E-state index contributed by atoms with van der Waals surface area (Å²) in [6, 6.07) is 8.32. The Morgan fingerprint density at radius 1 is 1.11 bits per heavy atom. The van der Waals surface area contributed by atoms with Crippen molar-refractivity contribution in [2.24, 2.45) is 0 Å². The van der Waals surface area contributed by atoms with Crippen LogP contribution in [0.15, 0.2) is 30.3 Å². The lowest BCUT2D eigenvalue weighted by Gasteiger charge is -2.13. The molecule has 0 fully saturated rings. The lowest BCUT2D eigenvalue weighted by Crippen LogP contribution is -2.26. The van der Waals surface area contributed by atoms with Gasteiger partial charge in [0.1, 0.15) is 11.3 Å². The highest BCUT2D eigenvalue weighted by Gasteiger charge is 2.24. The summed E-state index contributed by atoms with van der Waals surface area (Å²) >= 11 is 0. The Hall–Kier alpha value is -3.29. The van der Waals surface area contributed by atoms with Crippen molar-refractivity contribution in [1.29, 1.82) is 0 Å². The molecule has 0 aromatic heterocycles. The zero-order valence-electron chi connectivity index (χ0n) is 16.4. The third-order valence-corrected chi connectivity index (χ3v) is 4.14. The van der Waals surface area contributed by atoms with Gasteiger partial charge in [0, 0.05) is 12.6 Å². The van der Waals surface area contributed by atoms with Crippen LogP contribution in [0.3, 0.4) is 0 Å². The zero-order chi connectivity index (χ0) is 20.7. The minimum atomic E-state index is -0.611. The van der Waals surface area contributed by atoms with E-state index in [9.17, 15) is 14.9 Å². The molecule has 0 bridgehead atoms. The van der Waals surface area contributed by atoms with Crippen LogP contribution in [-0.4, -0.2) is 38.2 Å². The van der Waals surface area contributed by atoms with Gasteiger partial charge in [-0.25, -0.2) is 0 Å². The van der Waals surface area contributed by atoms with Crippen LogP contribution < -0.4 is 19.5 Å². The maximum Gasteiger partial charge on any atom is 0.286 e. The lowest BCUT2D eigenvalue weighted by atomic mass is 10.1. The molecular weight excluding hydrogens is 364 g/mol. The van der Waals surface area contributed by atoms with Gasteiger partial charge in [-0.15, -0.1) is 0 Å². The molecule has 0 atom stereocenters. The number of hydrogen-bond acceptors (Lipinski definition) is 6. The average molecular weight is 388 g/mol. The molecule has 28 heavy (non-hydrogen) atoms. The maximum absolute atomic E-state index is 12.6. The number of hydrogen-bond donors (Lipinski definition) is 1. The lowest BCUT2D eigenvalue weighted by molar-refractivity contribution is -0.385. The summed E-state index contributed by atoms with van der Waals surface area (Å²) in [5.41, 5.74) is 1.60. The molecule has 0 saturated heterocycles. The number of carbonyl (C=O) groups is 1. The van der Waals surface area contributed by atoms with Crippen molar-refractivity contribution in [3.8, 4) is 17.2 Å². The fourth-order valence-corrected chi connectivity index (χ4v) is 2.82. The van der Waals surface area contributed by atoms with Gasteiger partial charge in [0.05, 0.1) is 31.8 Å². The first-order valence-electron chi connectivity index (χ1n) is 8.82. The highest BCUT2D eigenvalue weighted by molar-refractivity contribution is 5.99. The van der Waals surface area contributed by atoms with Crippen molar-refractivity contribution >= 4 is 11.6 Å². The number of carbonyl (C=O) groups excluding carboxylic acids is 1. The predicted octanol–water partition coefficient (Wildman–Crippen LogP) is 3.29. The Bertz CT molecular complexity index is 866. The second kappa shape index (κ2) is 9.59. The number of benzene rings is 2. The summed E-state index contributed by atoms with van der Waals surface area (Å²) in [5.74, 6) is 0.656. The summed E-state index contributed by atoms with van der Waals surface area (Å²) in [6.07, 6.45) is 0.526. The molecule has 0 aliphatic carbocycles. The minimum absolute atomic E-state index is 0.0819. The van der Waals surface area contributed by atoms with Gasteiger partial charge in [0.15, 0.2) is 11.5 Å². The van der Waals surface area contributed by atoms with Gasteiger partial charge < -0.3 is 19.5 Å². The van der Waals surface area contributed by atoms with E-state index in [1.54, 1.807) is 14.0 Å². The molecule has 1 amide bonds. The van der Waals surface area contributed by atoms with Crippen molar-refractivity contribution in [2.45, 2.75) is 20.3 Å². The van der Waals surface area contributed by atoms with E-state index in [-0.39, 0.29) is 22.7 Å². The summed E-state index contributed by atoms with van der Waals surface area (Å²) in [4.78, 5) is 23.4. The third-order valence-electron chi connectivity index (χ3n) is 4.14. The van der Waals surface area contributed by atoms with E-state index in [1.165, 1.54) is 19.2 Å². The number of rotatable bonds is 9. The Labute approximate surface area is 163 Å². The quantitative estimate of drug-likeness (QED) is 0.523. The smallest absolute Gasteiger partial charge is 0.286 e. The van der Waals surface area contributed by atoms with E-state index >= 15 is 0 Å². The normalized spacial score (nSPS) is 10.3. The first-order chi connectivity index (χ1) is 13.4. The van der Waals surface area contributed by atoms with Gasteiger partial charge in [-0.05, 0) is 31.9 Å². The number of ether oxygens (including phenoxy) is 3. The Morgan fingerprint density at radius 3 is 2.43 bits per heavy atom. The number of nitro groups is 1. The second-order valence-corrected chi connectivity index (χ2v) is 6.03. The fourth-order valence-electron chi connectivity index (χ4n) is 2.82. The standard InChI is InChI=1S/C20H24N2O6/c1-5-28-19-12-16(22(24)25)15(11-18(19)27-4)20(23)21-9-8-14-10-13(2)6-7-17(14)26-3/h6-7,10-12H,5,8-9H2,1-4H3,(H,21,23). The van der Waals surface area contributed by atoms with E-state index < -0.39 is 10.8 Å². The van der Waals surface area contributed by atoms with E-state index in [4.69, 9.17) is 14.2 Å². The highest BCUT2D eigenvalue weighted by Crippen LogP contribution is 2.34. The molecule has 2 aromatic rings. The fraction of sp³-hybridized carbons (Fsp3) is 0.350. The zero-order valence-corrected chi connectivity index (χ0v) is 16.4. The van der Waals surface area contributed by atoms with Crippen LogP contribution in [0.1, 0.15) is 28.4 Å². The number of aryl methyl sites for hydroxylation is 1. The molecule has 1 N–H and O–H groups in total. The van der Waals surface area contributed by atoms with E-state index in [0.29, 0.717) is 19.6 Å². The molecule has 0 aliphatic heterocycles. The molecule has 0 aliphatic rings. The Morgan fingerprint density at radius 2 is 1.82 bits per heavy atom. The summed E-state index contributed by atoms with van der Waals surface area (Å²) < 4.78 is 15.9. The summed E-state index contributed by atoms with van der Waals surface area (Å²) in [6.45, 7) is 4.34. The third kappa shape index (κ3) is 4.91. The van der Waals surface area contributed by atoms with Crippen LogP contribution in [0, 0.1) is 17.0 Å². The largest absolute Gasteiger partial charge is 0.496 e. The summed E-state index contributed by atoms with van der Waals surface area (Å²) in [5, 5.41) is 14.1. The molecule has 2 rings (SSSR count). The molecule has 0 unspecified atom stereocenters. The number of amides is 1. The molecule has 0 spiro atoms. The molecule has 0 saturated carbocycles. The van der Waals surface area contributed by atoms with Crippen molar-refractivity contribution in [2.75, 3.05) is 27.4 Å². The number of nitrogens with one attached hydrogen (secondary N) is 1. The second-order valence-electron chi connectivity index (χ2n) is 6.03. The van der Waals surface area contributed by atoms with Gasteiger partial charge in [-0.1, -0.05) is 17.7 Å². The molecule has 8 nitrogen and oxygen atoms in total. The monoisotopic (exact) mass is 388 g/mol. The van der Waals surface area contributed by atoms with Gasteiger partial charge in [-0.3, -0.25) is 14.9 Å². The van der Waals surface area contributed by atoms with Gasteiger partial charge >= 0.3 is 0 Å². The van der Waals surface area contributed by atoms with Crippen LogP contribution in [0.2, 0.25) is 0 Å². The van der Waals surface area contributed by atoms with Crippen molar-refractivity contribution in [1.82, 2.24) is 5.32 Å². The molecular formula is C20H24N2O6. The van der Waals surface area contributed by atoms with Gasteiger partial charge in [-0.2, -0.15) is 0 Å². The molecule has 0 heterocycles. The molecule has 0 radical (unpaired) electrons. The minimum Gasteiger partial charge on any atom is -0.496 e. The number of nitro benzene ring substituents is 1. The molecule has 150 valence electrons. The topological polar surface area (TPSA) is 99.9 Å². The van der Waals surface area contributed by atoms with Crippen LogP contribution in [-0.2, 0) is 6.42 Å². The first-order valence-corrected chi connectivity index (χ1v) is 8.82. The number of methoxy groups -OCH3 is 2. The van der Waals surface area contributed by atoms with Gasteiger partial charge in [0.2, 0.25) is 0 Å². The van der Waals surface area contributed by atoms with Crippen LogP contribution in [0.4, 0.5) is 5.69 Å². The van der Waals surface area contributed by atoms with E-state index in [2.05, 4.69) is 5.32 Å². The SMILES string of the molecule is CCOc1cc([N+](=O)[O-])c(C(=O)NCCc2cc(C)ccc2OC)cc1OC. The van der Waals surface area contributed by atoms with Crippen molar-refractivity contribution in [3.05, 3.63) is 57.1 Å². The molecule has 2 aromatic carbocycles. The molecule has 8 heteroatoms. The Kier molecular flexibility index (Phi) is 7.20. The predicted molar refractivity (Wildman–Crippen MR) is 105 cm³/mol. The Balaban J connectivity index is 2.19. The van der Waals surface area contributed by atoms with Crippen molar-refractivity contribution in [3.63, 3.8) is 0 Å². The van der Waals surface area contributed by atoms with Crippen molar-refractivity contribution < 1.29 is 23.9 Å². The van der Waals surface area contributed by atoms with Crippen LogP contribution in [0.5, 0.6) is 17.2 Å². The number of nitrogens with zero attached hydrogens (tertiary/aromatic N) is 1. The van der Waals surface area contributed by atoms with Gasteiger partial charge in [0.25, 0.3) is 11.6 Å². The first kappa shape index (κ1) is 21.0. The average Bonchev–Trinajstić information content (AvgIpc) is 2.67. The van der Waals surface area contributed by atoms with E-state index in [0.717, 1.165) is 16.9 Å².